The summed E-state index contributed by atoms with van der Waals surface area (Å²) in [4.78, 5) is 6.71. The van der Waals surface area contributed by atoms with Crippen LogP contribution in [0.1, 0.15) is 11.5 Å². The minimum Gasteiger partial charge on any atom is -0.497 e. The van der Waals surface area contributed by atoms with E-state index in [4.69, 9.17) is 14.9 Å². The van der Waals surface area contributed by atoms with Gasteiger partial charge in [0, 0.05) is 25.2 Å². The molecule has 5 nitrogen and oxygen atoms in total. The van der Waals surface area contributed by atoms with Gasteiger partial charge in [-0.15, -0.1) is 0 Å². The molecular weight excluding hydrogens is 326 g/mol. The summed E-state index contributed by atoms with van der Waals surface area (Å²) in [6.45, 7) is 3.00. The SMILES string of the molecule is COc1ccc(-c2cnc(CN(CCN)CCc3ccccc3)o2)cc1. The van der Waals surface area contributed by atoms with Crippen molar-refractivity contribution in [3.63, 3.8) is 0 Å². The molecule has 0 aliphatic heterocycles. The highest BCUT2D eigenvalue weighted by Crippen LogP contribution is 2.23. The van der Waals surface area contributed by atoms with Crippen LogP contribution >= 0.6 is 0 Å². The van der Waals surface area contributed by atoms with Crippen molar-refractivity contribution in [2.75, 3.05) is 26.7 Å². The molecule has 1 aromatic heterocycles. The third-order valence-corrected chi connectivity index (χ3v) is 4.29. The Kier molecular flexibility index (Phi) is 6.41. The number of benzene rings is 2. The van der Waals surface area contributed by atoms with Gasteiger partial charge in [-0.2, -0.15) is 0 Å². The third-order valence-electron chi connectivity index (χ3n) is 4.29. The van der Waals surface area contributed by atoms with E-state index in [2.05, 4.69) is 34.1 Å². The summed E-state index contributed by atoms with van der Waals surface area (Å²) in [5.41, 5.74) is 8.08. The summed E-state index contributed by atoms with van der Waals surface area (Å²) in [6, 6.07) is 18.2. The summed E-state index contributed by atoms with van der Waals surface area (Å²) in [7, 11) is 1.66. The molecule has 2 N–H and O–H groups in total. The Morgan fingerprint density at radius 1 is 1.04 bits per heavy atom. The largest absolute Gasteiger partial charge is 0.497 e. The van der Waals surface area contributed by atoms with Gasteiger partial charge in [-0.1, -0.05) is 30.3 Å². The second-order valence-corrected chi connectivity index (χ2v) is 6.15. The minimum absolute atomic E-state index is 0.612. The van der Waals surface area contributed by atoms with Gasteiger partial charge in [-0.05, 0) is 36.2 Å². The number of nitrogens with zero attached hydrogens (tertiary/aromatic N) is 2. The van der Waals surface area contributed by atoms with Crippen LogP contribution in [0.15, 0.2) is 65.2 Å². The Morgan fingerprint density at radius 2 is 1.81 bits per heavy atom. The molecule has 0 amide bonds. The van der Waals surface area contributed by atoms with Gasteiger partial charge < -0.3 is 14.9 Å². The van der Waals surface area contributed by atoms with Gasteiger partial charge in [-0.3, -0.25) is 4.90 Å². The summed E-state index contributed by atoms with van der Waals surface area (Å²) >= 11 is 0. The second-order valence-electron chi connectivity index (χ2n) is 6.15. The molecule has 1 heterocycles. The van der Waals surface area contributed by atoms with E-state index in [1.807, 2.05) is 30.3 Å². The maximum absolute atomic E-state index is 5.94. The van der Waals surface area contributed by atoms with Crippen LogP contribution in [0.3, 0.4) is 0 Å². The van der Waals surface area contributed by atoms with E-state index < -0.39 is 0 Å². The topological polar surface area (TPSA) is 64.5 Å². The van der Waals surface area contributed by atoms with Crippen molar-refractivity contribution in [1.29, 1.82) is 0 Å². The molecule has 5 heteroatoms. The predicted octanol–water partition coefficient (Wildman–Crippen LogP) is 3.35. The first-order valence-corrected chi connectivity index (χ1v) is 8.84. The van der Waals surface area contributed by atoms with Crippen molar-refractivity contribution in [2.24, 2.45) is 5.73 Å². The van der Waals surface area contributed by atoms with E-state index in [1.165, 1.54) is 5.56 Å². The fraction of sp³-hybridized carbons (Fsp3) is 0.286. The van der Waals surface area contributed by atoms with Gasteiger partial charge in [0.05, 0.1) is 19.9 Å². The number of methoxy groups -OCH3 is 1. The van der Waals surface area contributed by atoms with Crippen molar-refractivity contribution in [3.05, 3.63) is 72.2 Å². The molecule has 0 atom stereocenters. The fourth-order valence-corrected chi connectivity index (χ4v) is 2.85. The summed E-state index contributed by atoms with van der Waals surface area (Å²) in [5.74, 6) is 2.29. The Balaban J connectivity index is 1.62. The summed E-state index contributed by atoms with van der Waals surface area (Å²) in [5, 5.41) is 0. The Hall–Kier alpha value is -2.63. The van der Waals surface area contributed by atoms with Crippen LogP contribution in [0.5, 0.6) is 5.75 Å². The lowest BCUT2D eigenvalue weighted by atomic mass is 10.1. The molecular formula is C21H25N3O2. The van der Waals surface area contributed by atoms with Gasteiger partial charge in [0.1, 0.15) is 5.75 Å². The van der Waals surface area contributed by atoms with E-state index in [0.29, 0.717) is 19.0 Å². The Morgan fingerprint density at radius 3 is 2.50 bits per heavy atom. The highest BCUT2D eigenvalue weighted by molar-refractivity contribution is 5.57. The molecule has 2 aromatic carbocycles. The molecule has 136 valence electrons. The molecule has 26 heavy (non-hydrogen) atoms. The zero-order valence-corrected chi connectivity index (χ0v) is 15.1. The lowest BCUT2D eigenvalue weighted by Gasteiger charge is -2.19. The van der Waals surface area contributed by atoms with Crippen LogP contribution < -0.4 is 10.5 Å². The van der Waals surface area contributed by atoms with Gasteiger partial charge in [0.2, 0.25) is 5.89 Å². The fourth-order valence-electron chi connectivity index (χ4n) is 2.85. The maximum atomic E-state index is 5.94. The first kappa shape index (κ1) is 18.2. The van der Waals surface area contributed by atoms with Crippen molar-refractivity contribution >= 4 is 0 Å². The third kappa shape index (κ3) is 4.94. The molecule has 0 spiro atoms. The second kappa shape index (κ2) is 9.17. The molecule has 0 saturated carbocycles. The lowest BCUT2D eigenvalue weighted by molar-refractivity contribution is 0.249. The number of hydrogen-bond acceptors (Lipinski definition) is 5. The molecule has 0 fully saturated rings. The maximum Gasteiger partial charge on any atom is 0.209 e. The van der Waals surface area contributed by atoms with Gasteiger partial charge in [0.25, 0.3) is 0 Å². The summed E-state index contributed by atoms with van der Waals surface area (Å²) in [6.07, 6.45) is 2.75. The number of ether oxygens (including phenoxy) is 1. The first-order chi connectivity index (χ1) is 12.8. The van der Waals surface area contributed by atoms with Gasteiger partial charge >= 0.3 is 0 Å². The Bertz CT molecular complexity index is 785. The smallest absolute Gasteiger partial charge is 0.209 e. The van der Waals surface area contributed by atoms with Crippen molar-refractivity contribution in [3.8, 4) is 17.1 Å². The average Bonchev–Trinajstić information content (AvgIpc) is 3.16. The number of nitrogens with two attached hydrogens (primary N) is 1. The van der Waals surface area contributed by atoms with Crippen LogP contribution in [0.25, 0.3) is 11.3 Å². The van der Waals surface area contributed by atoms with Gasteiger partial charge in [0.15, 0.2) is 5.76 Å². The molecule has 0 radical (unpaired) electrons. The van der Waals surface area contributed by atoms with Crippen molar-refractivity contribution in [1.82, 2.24) is 9.88 Å². The molecule has 0 aliphatic carbocycles. The number of rotatable bonds is 9. The van der Waals surface area contributed by atoms with E-state index in [1.54, 1.807) is 13.3 Å². The molecule has 3 aromatic rings. The standard InChI is InChI=1S/C21H25N3O2/c1-25-19-9-7-18(8-10-19)20-15-23-21(26-20)16-24(14-12-22)13-11-17-5-3-2-4-6-17/h2-10,15H,11-14,16,22H2,1H3. The molecule has 3 rings (SSSR count). The predicted molar refractivity (Wildman–Crippen MR) is 103 cm³/mol. The van der Waals surface area contributed by atoms with Crippen molar-refractivity contribution in [2.45, 2.75) is 13.0 Å². The number of oxazole rings is 1. The van der Waals surface area contributed by atoms with Crippen LogP contribution in [0, 0.1) is 0 Å². The quantitative estimate of drug-likeness (QED) is 0.640. The van der Waals surface area contributed by atoms with Crippen LogP contribution in [-0.2, 0) is 13.0 Å². The highest BCUT2D eigenvalue weighted by atomic mass is 16.5. The lowest BCUT2D eigenvalue weighted by Crippen LogP contribution is -2.31. The average molecular weight is 351 g/mol. The van der Waals surface area contributed by atoms with E-state index in [9.17, 15) is 0 Å². The minimum atomic E-state index is 0.612. The normalized spacial score (nSPS) is 11.0. The zero-order chi connectivity index (χ0) is 18.2. The molecule has 0 aliphatic rings. The number of aromatic nitrogens is 1. The zero-order valence-electron chi connectivity index (χ0n) is 15.1. The first-order valence-electron chi connectivity index (χ1n) is 8.84. The highest BCUT2D eigenvalue weighted by Gasteiger charge is 2.11. The van der Waals surface area contributed by atoms with Crippen molar-refractivity contribution < 1.29 is 9.15 Å². The van der Waals surface area contributed by atoms with E-state index in [-0.39, 0.29) is 0 Å². The molecule has 0 saturated heterocycles. The van der Waals surface area contributed by atoms with Crippen LogP contribution in [0.4, 0.5) is 0 Å². The Labute approximate surface area is 154 Å². The van der Waals surface area contributed by atoms with Gasteiger partial charge in [-0.25, -0.2) is 4.98 Å². The monoisotopic (exact) mass is 351 g/mol. The van der Waals surface area contributed by atoms with E-state index in [0.717, 1.165) is 36.6 Å². The van der Waals surface area contributed by atoms with Crippen LogP contribution in [-0.4, -0.2) is 36.6 Å². The van der Waals surface area contributed by atoms with E-state index >= 15 is 0 Å². The molecule has 0 bridgehead atoms. The number of hydrogen-bond donors (Lipinski definition) is 1. The molecule has 0 unspecified atom stereocenters. The van der Waals surface area contributed by atoms with Crippen LogP contribution in [0.2, 0.25) is 0 Å². The summed E-state index contributed by atoms with van der Waals surface area (Å²) < 4.78 is 11.1.